The Kier molecular flexibility index (Phi) is 4.92. The van der Waals surface area contributed by atoms with Gasteiger partial charge in [0.2, 0.25) is 0 Å². The van der Waals surface area contributed by atoms with Gasteiger partial charge in [-0.3, -0.25) is 9.78 Å². The number of H-pyrrole nitrogens is 1. The molecular formula is C18H21N5O. The van der Waals surface area contributed by atoms with Crippen molar-refractivity contribution in [1.29, 1.82) is 5.26 Å². The van der Waals surface area contributed by atoms with Crippen LogP contribution in [0.5, 0.6) is 0 Å². The van der Waals surface area contributed by atoms with Crippen molar-refractivity contribution < 1.29 is 4.79 Å². The van der Waals surface area contributed by atoms with Gasteiger partial charge in [-0.15, -0.1) is 0 Å². The molecule has 3 rings (SSSR count). The minimum absolute atomic E-state index is 0.00478. The van der Waals surface area contributed by atoms with E-state index >= 15 is 0 Å². The quantitative estimate of drug-likeness (QED) is 0.911. The van der Waals surface area contributed by atoms with E-state index in [9.17, 15) is 4.79 Å². The van der Waals surface area contributed by atoms with Crippen LogP contribution in [0.4, 0.5) is 0 Å². The SMILES string of the molecule is CN(Cc1cccnc1)C[C@H]1CCN(C(=O)c2c[nH]c(C#N)c2)C1. The number of hydrogen-bond donors (Lipinski definition) is 1. The molecule has 2 aromatic rings. The van der Waals surface area contributed by atoms with Crippen LogP contribution in [0.3, 0.4) is 0 Å². The van der Waals surface area contributed by atoms with E-state index in [4.69, 9.17) is 5.26 Å². The molecule has 0 saturated carbocycles. The van der Waals surface area contributed by atoms with E-state index in [1.54, 1.807) is 18.5 Å². The first-order valence-electron chi connectivity index (χ1n) is 8.11. The number of likely N-dealkylation sites (tertiary alicyclic amines) is 1. The molecule has 0 radical (unpaired) electrons. The summed E-state index contributed by atoms with van der Waals surface area (Å²) in [5.41, 5.74) is 2.18. The zero-order valence-electron chi connectivity index (χ0n) is 13.8. The van der Waals surface area contributed by atoms with Crippen LogP contribution in [0, 0.1) is 17.2 Å². The van der Waals surface area contributed by atoms with Crippen molar-refractivity contribution >= 4 is 5.91 Å². The molecule has 0 unspecified atom stereocenters. The number of carbonyl (C=O) groups is 1. The number of carbonyl (C=O) groups excluding carboxylic acids is 1. The zero-order chi connectivity index (χ0) is 16.9. The second-order valence-corrected chi connectivity index (χ2v) is 6.38. The Hall–Kier alpha value is -2.65. The zero-order valence-corrected chi connectivity index (χ0v) is 13.8. The van der Waals surface area contributed by atoms with E-state index in [1.165, 1.54) is 5.56 Å². The predicted octanol–water partition coefficient (Wildman–Crippen LogP) is 1.88. The fourth-order valence-electron chi connectivity index (χ4n) is 3.24. The first-order valence-corrected chi connectivity index (χ1v) is 8.11. The second kappa shape index (κ2) is 7.28. The van der Waals surface area contributed by atoms with Gasteiger partial charge in [0.25, 0.3) is 5.91 Å². The molecule has 1 saturated heterocycles. The lowest BCUT2D eigenvalue weighted by Crippen LogP contribution is -2.31. The molecule has 2 aromatic heterocycles. The summed E-state index contributed by atoms with van der Waals surface area (Å²) >= 11 is 0. The van der Waals surface area contributed by atoms with Crippen LogP contribution in [0.2, 0.25) is 0 Å². The third-order valence-electron chi connectivity index (χ3n) is 4.37. The molecule has 1 N–H and O–H groups in total. The molecule has 124 valence electrons. The predicted molar refractivity (Wildman–Crippen MR) is 90.1 cm³/mol. The molecule has 0 spiro atoms. The summed E-state index contributed by atoms with van der Waals surface area (Å²) in [6, 6.07) is 7.65. The maximum atomic E-state index is 12.5. The average Bonchev–Trinajstić information content (AvgIpc) is 3.24. The smallest absolute Gasteiger partial charge is 0.255 e. The summed E-state index contributed by atoms with van der Waals surface area (Å²) in [7, 11) is 2.10. The summed E-state index contributed by atoms with van der Waals surface area (Å²) in [5, 5.41) is 8.84. The second-order valence-electron chi connectivity index (χ2n) is 6.38. The number of aromatic amines is 1. The van der Waals surface area contributed by atoms with Crippen LogP contribution in [-0.2, 0) is 6.54 Å². The van der Waals surface area contributed by atoms with Gasteiger partial charge in [0.05, 0.1) is 5.56 Å². The van der Waals surface area contributed by atoms with Gasteiger partial charge in [0.1, 0.15) is 11.8 Å². The Balaban J connectivity index is 1.51. The molecule has 0 aromatic carbocycles. The van der Waals surface area contributed by atoms with E-state index < -0.39 is 0 Å². The molecule has 1 atom stereocenters. The summed E-state index contributed by atoms with van der Waals surface area (Å²) in [4.78, 5) is 23.6. The maximum Gasteiger partial charge on any atom is 0.255 e. The normalized spacial score (nSPS) is 17.2. The molecule has 1 fully saturated rings. The molecule has 0 aliphatic carbocycles. The Morgan fingerprint density at radius 3 is 3.17 bits per heavy atom. The van der Waals surface area contributed by atoms with Crippen LogP contribution >= 0.6 is 0 Å². The van der Waals surface area contributed by atoms with Gasteiger partial charge in [-0.2, -0.15) is 5.26 Å². The molecule has 3 heterocycles. The van der Waals surface area contributed by atoms with Crippen LogP contribution in [0.1, 0.15) is 28.0 Å². The molecule has 6 heteroatoms. The molecule has 6 nitrogen and oxygen atoms in total. The summed E-state index contributed by atoms with van der Waals surface area (Å²) in [6.45, 7) is 3.36. The third-order valence-corrected chi connectivity index (χ3v) is 4.37. The maximum absolute atomic E-state index is 12.5. The molecular weight excluding hydrogens is 302 g/mol. The first kappa shape index (κ1) is 16.2. The number of hydrogen-bond acceptors (Lipinski definition) is 4. The van der Waals surface area contributed by atoms with Crippen LogP contribution in [-0.4, -0.2) is 52.4 Å². The molecule has 1 aliphatic heterocycles. The number of nitrogens with zero attached hydrogens (tertiary/aromatic N) is 4. The fourth-order valence-corrected chi connectivity index (χ4v) is 3.24. The minimum atomic E-state index is 0.00478. The molecule has 1 amide bonds. The van der Waals surface area contributed by atoms with Gasteiger partial charge >= 0.3 is 0 Å². The van der Waals surface area contributed by atoms with Gasteiger partial charge in [-0.25, -0.2) is 0 Å². The standard InChI is InChI=1S/C18H21N5O/c1-22(11-14-3-2-5-20-9-14)12-15-4-6-23(13-15)18(24)16-7-17(8-19)21-10-16/h2-3,5,7,9-10,15,21H,4,6,11-13H2,1H3/t15-/m1/s1. The Bertz CT molecular complexity index is 733. The summed E-state index contributed by atoms with van der Waals surface area (Å²) in [5.74, 6) is 0.482. The minimum Gasteiger partial charge on any atom is -0.352 e. The molecule has 0 bridgehead atoms. The average molecular weight is 323 g/mol. The highest BCUT2D eigenvalue weighted by molar-refractivity contribution is 5.94. The van der Waals surface area contributed by atoms with Crippen LogP contribution in [0.25, 0.3) is 0 Å². The van der Waals surface area contributed by atoms with E-state index in [0.717, 1.165) is 32.6 Å². The third kappa shape index (κ3) is 3.81. The number of nitriles is 1. The largest absolute Gasteiger partial charge is 0.352 e. The first-order chi connectivity index (χ1) is 11.7. The Labute approximate surface area is 141 Å². The van der Waals surface area contributed by atoms with Crippen molar-refractivity contribution in [2.24, 2.45) is 5.92 Å². The van der Waals surface area contributed by atoms with Crippen molar-refractivity contribution in [3.05, 3.63) is 53.6 Å². The van der Waals surface area contributed by atoms with Crippen molar-refractivity contribution in [2.75, 3.05) is 26.7 Å². The number of aromatic nitrogens is 2. The van der Waals surface area contributed by atoms with Gasteiger partial charge in [-0.05, 0) is 37.1 Å². The lowest BCUT2D eigenvalue weighted by atomic mass is 10.1. The number of nitrogens with one attached hydrogen (secondary N) is 1. The van der Waals surface area contributed by atoms with Gasteiger partial charge < -0.3 is 14.8 Å². The molecule has 24 heavy (non-hydrogen) atoms. The highest BCUT2D eigenvalue weighted by Gasteiger charge is 2.28. The van der Waals surface area contributed by atoms with E-state index in [-0.39, 0.29) is 5.91 Å². The molecule has 1 aliphatic rings. The highest BCUT2D eigenvalue weighted by atomic mass is 16.2. The van der Waals surface area contributed by atoms with Crippen molar-refractivity contribution in [1.82, 2.24) is 19.8 Å². The Morgan fingerprint density at radius 2 is 2.46 bits per heavy atom. The lowest BCUT2D eigenvalue weighted by molar-refractivity contribution is 0.0784. The summed E-state index contributed by atoms with van der Waals surface area (Å²) in [6.07, 6.45) is 6.30. The fraction of sp³-hybridized carbons (Fsp3) is 0.389. The number of pyridine rings is 1. The van der Waals surface area contributed by atoms with Crippen LogP contribution in [0.15, 0.2) is 36.8 Å². The topological polar surface area (TPSA) is 76.0 Å². The van der Waals surface area contributed by atoms with Gasteiger partial charge in [-0.1, -0.05) is 6.07 Å². The van der Waals surface area contributed by atoms with E-state index in [1.807, 2.05) is 23.2 Å². The highest BCUT2D eigenvalue weighted by Crippen LogP contribution is 2.20. The summed E-state index contributed by atoms with van der Waals surface area (Å²) < 4.78 is 0. The monoisotopic (exact) mass is 323 g/mol. The van der Waals surface area contributed by atoms with E-state index in [2.05, 4.69) is 28.0 Å². The van der Waals surface area contributed by atoms with Gasteiger partial charge in [0.15, 0.2) is 0 Å². The van der Waals surface area contributed by atoms with E-state index in [0.29, 0.717) is 17.2 Å². The van der Waals surface area contributed by atoms with Crippen molar-refractivity contribution in [3.8, 4) is 6.07 Å². The van der Waals surface area contributed by atoms with Crippen molar-refractivity contribution in [2.45, 2.75) is 13.0 Å². The van der Waals surface area contributed by atoms with Crippen LogP contribution < -0.4 is 0 Å². The Morgan fingerprint density at radius 1 is 1.58 bits per heavy atom. The number of amides is 1. The number of rotatable bonds is 5. The lowest BCUT2D eigenvalue weighted by Gasteiger charge is -2.21. The van der Waals surface area contributed by atoms with Gasteiger partial charge in [0, 0.05) is 44.8 Å². The van der Waals surface area contributed by atoms with Crippen molar-refractivity contribution in [3.63, 3.8) is 0 Å².